The first-order valence-electron chi connectivity index (χ1n) is 24.3. The molecule has 0 spiro atoms. The molecule has 2 aliphatic heterocycles. The lowest BCUT2D eigenvalue weighted by Gasteiger charge is -2.32. The summed E-state index contributed by atoms with van der Waals surface area (Å²) in [5.41, 5.74) is 21.4. The van der Waals surface area contributed by atoms with Crippen molar-refractivity contribution in [2.24, 2.45) is 11.3 Å². The van der Waals surface area contributed by atoms with E-state index in [2.05, 4.69) is 169 Å². The number of fused-ring (bicyclic) bond motifs is 12. The number of furan rings is 1. The average Bonchev–Trinajstić information content (AvgIpc) is 3.89. The molecule has 328 valence electrons. The molecule has 0 N–H and O–H groups in total. The Kier molecular flexibility index (Phi) is 10.6. The predicted octanol–water partition coefficient (Wildman–Crippen LogP) is 14.2. The summed E-state index contributed by atoms with van der Waals surface area (Å²) >= 11 is 0. The Morgan fingerprint density at radius 2 is 1.55 bits per heavy atom. The van der Waals surface area contributed by atoms with Crippen molar-refractivity contribution in [2.75, 3.05) is 0 Å². The van der Waals surface area contributed by atoms with Crippen LogP contribution in [0.3, 0.4) is 0 Å². The molecule has 6 heterocycles. The quantitative estimate of drug-likeness (QED) is 0.123. The van der Waals surface area contributed by atoms with Gasteiger partial charge in [0.25, 0.3) is 0 Å². The number of allylic oxidation sites excluding steroid dienone is 1. The molecule has 64 heavy (non-hydrogen) atoms. The summed E-state index contributed by atoms with van der Waals surface area (Å²) in [4.78, 5) is 5.25. The number of rotatable bonds is 6. The van der Waals surface area contributed by atoms with Crippen molar-refractivity contribution < 1.29 is 13.6 Å². The SMILES string of the molecule is C=C1C2C(CCc3cc4oc5nc(-c6c(C)ccc(C)c6C)ccc5c4cc3-c3cc(CC4CCCC4)c(C(C)C)c[n+]31)c1ccccc1-c1cc(CC(C)(C)C)c([Si](C)(C)C)c[n+]12. The van der Waals surface area contributed by atoms with E-state index in [9.17, 15) is 0 Å². The third kappa shape index (κ3) is 7.40. The van der Waals surface area contributed by atoms with Crippen LogP contribution in [0.2, 0.25) is 19.6 Å². The van der Waals surface area contributed by atoms with Gasteiger partial charge in [-0.1, -0.05) is 110 Å². The topological polar surface area (TPSA) is 33.8 Å². The van der Waals surface area contributed by atoms with Crippen LogP contribution in [0.4, 0.5) is 0 Å². The van der Waals surface area contributed by atoms with E-state index in [-0.39, 0.29) is 17.4 Å². The molecule has 2 unspecified atom stereocenters. The number of nitrogens with zero attached hydrogens (tertiary/aromatic N) is 3. The van der Waals surface area contributed by atoms with Crippen LogP contribution in [0.25, 0.3) is 61.5 Å². The predicted molar refractivity (Wildman–Crippen MR) is 270 cm³/mol. The Morgan fingerprint density at radius 1 is 0.812 bits per heavy atom. The van der Waals surface area contributed by atoms with E-state index in [0.717, 1.165) is 59.3 Å². The van der Waals surface area contributed by atoms with Crippen molar-refractivity contribution in [1.29, 1.82) is 0 Å². The van der Waals surface area contributed by atoms with Crippen LogP contribution in [0.15, 0.2) is 96.2 Å². The number of aromatic nitrogens is 3. The van der Waals surface area contributed by atoms with E-state index in [1.54, 1.807) is 5.19 Å². The second-order valence-electron chi connectivity index (χ2n) is 22.5. The van der Waals surface area contributed by atoms with Crippen molar-refractivity contribution in [2.45, 2.75) is 144 Å². The zero-order valence-corrected chi connectivity index (χ0v) is 41.5. The van der Waals surface area contributed by atoms with Gasteiger partial charge in [-0.15, -0.1) is 0 Å². The van der Waals surface area contributed by atoms with Crippen molar-refractivity contribution in [3.8, 4) is 33.8 Å². The standard InChI is InChI=1S/C59H69N3OSi/c1-35(2)50-33-61-39(6)57-46(44-19-15-16-20-45(44)52-29-43(32-59(7,8)9)55(34-62(52)57)64(10,11)12)24-23-41-30-54-49(31-48(41)53(61)28-42(50)27-40-17-13-14-18-40)47-25-26-51(60-58(47)63-54)56-37(4)22-21-36(3)38(56)5/h15-16,19-22,25-26,28-31,33-35,40,46,57H,6,13-14,17-18,23-24,27,32H2,1-5,7-12H3/q+2. The summed E-state index contributed by atoms with van der Waals surface area (Å²) in [5.74, 6) is 1.36. The molecule has 3 aromatic carbocycles. The Balaban J connectivity index is 1.22. The molecule has 1 saturated carbocycles. The maximum absolute atomic E-state index is 6.83. The monoisotopic (exact) mass is 864 g/mol. The number of hydrogen-bond acceptors (Lipinski definition) is 2. The number of aryl methyl sites for hydroxylation is 3. The summed E-state index contributed by atoms with van der Waals surface area (Å²) in [6.45, 7) is 31.3. The summed E-state index contributed by atoms with van der Waals surface area (Å²) in [7, 11) is -1.76. The van der Waals surface area contributed by atoms with E-state index in [1.165, 1.54) is 98.3 Å². The Bertz CT molecular complexity index is 3020. The molecule has 0 bridgehead atoms. The van der Waals surface area contributed by atoms with Crippen molar-refractivity contribution in [3.05, 3.63) is 136 Å². The molecule has 2 atom stereocenters. The van der Waals surface area contributed by atoms with Crippen molar-refractivity contribution in [1.82, 2.24) is 4.98 Å². The molecule has 5 heteroatoms. The zero-order valence-electron chi connectivity index (χ0n) is 40.5. The highest BCUT2D eigenvalue weighted by molar-refractivity contribution is 6.89. The Morgan fingerprint density at radius 3 is 2.28 bits per heavy atom. The third-order valence-corrected chi connectivity index (χ3v) is 17.3. The van der Waals surface area contributed by atoms with Crippen LogP contribution >= 0.6 is 0 Å². The fourth-order valence-electron chi connectivity index (χ4n) is 12.0. The summed E-state index contributed by atoms with van der Waals surface area (Å²) < 4.78 is 12.1. The van der Waals surface area contributed by atoms with Crippen LogP contribution in [-0.4, -0.2) is 13.1 Å². The first-order chi connectivity index (χ1) is 30.4. The fourth-order valence-corrected chi connectivity index (χ4v) is 13.6. The van der Waals surface area contributed by atoms with Gasteiger partial charge in [0.1, 0.15) is 5.58 Å². The molecular weight excluding hydrogens is 795 g/mol. The van der Waals surface area contributed by atoms with E-state index in [1.807, 2.05) is 0 Å². The van der Waals surface area contributed by atoms with Gasteiger partial charge in [0.2, 0.25) is 28.8 Å². The van der Waals surface area contributed by atoms with Gasteiger partial charge in [0.15, 0.2) is 12.4 Å². The van der Waals surface area contributed by atoms with E-state index < -0.39 is 8.07 Å². The summed E-state index contributed by atoms with van der Waals surface area (Å²) in [5, 5.41) is 3.76. The molecule has 3 aliphatic rings. The lowest BCUT2D eigenvalue weighted by atomic mass is 9.78. The zero-order chi connectivity index (χ0) is 45.0. The minimum atomic E-state index is -1.76. The molecule has 4 aromatic heterocycles. The van der Waals surface area contributed by atoms with Gasteiger partial charge in [-0.3, -0.25) is 0 Å². The molecular formula is C59H69N3OSi+2. The molecule has 0 radical (unpaired) electrons. The van der Waals surface area contributed by atoms with Crippen LogP contribution in [0.5, 0.6) is 0 Å². The Hall–Kier alpha value is -5.13. The summed E-state index contributed by atoms with van der Waals surface area (Å²) in [6.07, 6.45) is 14.6. The van der Waals surface area contributed by atoms with Gasteiger partial charge < -0.3 is 4.42 Å². The van der Waals surface area contributed by atoms with Crippen LogP contribution < -0.4 is 14.3 Å². The first kappa shape index (κ1) is 42.8. The molecule has 1 aliphatic carbocycles. The van der Waals surface area contributed by atoms with Gasteiger partial charge >= 0.3 is 0 Å². The highest BCUT2D eigenvalue weighted by Gasteiger charge is 2.48. The smallest absolute Gasteiger partial charge is 0.249 e. The fraction of sp³-hybridized carbons (Fsp3) is 0.407. The highest BCUT2D eigenvalue weighted by atomic mass is 28.3. The maximum atomic E-state index is 6.83. The second-order valence-corrected chi connectivity index (χ2v) is 27.6. The largest absolute Gasteiger partial charge is 0.438 e. The molecule has 0 amide bonds. The average molecular weight is 864 g/mol. The van der Waals surface area contributed by atoms with Crippen molar-refractivity contribution in [3.63, 3.8) is 0 Å². The first-order valence-corrected chi connectivity index (χ1v) is 27.8. The van der Waals surface area contributed by atoms with E-state index >= 15 is 0 Å². The van der Waals surface area contributed by atoms with Crippen molar-refractivity contribution >= 4 is 41.0 Å². The van der Waals surface area contributed by atoms with E-state index in [0.29, 0.717) is 11.6 Å². The van der Waals surface area contributed by atoms with Gasteiger partial charge in [0, 0.05) is 44.8 Å². The lowest BCUT2D eigenvalue weighted by molar-refractivity contribution is -0.726. The maximum Gasteiger partial charge on any atom is 0.249 e. The Labute approximate surface area is 383 Å². The number of benzene rings is 3. The minimum Gasteiger partial charge on any atom is -0.438 e. The van der Waals surface area contributed by atoms with E-state index in [4.69, 9.17) is 16.0 Å². The molecule has 7 aromatic rings. The molecule has 10 rings (SSSR count). The minimum absolute atomic E-state index is 0.0439. The van der Waals surface area contributed by atoms with Gasteiger partial charge in [-0.2, -0.15) is 9.13 Å². The second kappa shape index (κ2) is 15.8. The van der Waals surface area contributed by atoms with Crippen LogP contribution in [0.1, 0.15) is 129 Å². The number of hydrogen-bond donors (Lipinski definition) is 0. The highest BCUT2D eigenvalue weighted by Crippen LogP contribution is 2.47. The number of pyridine rings is 3. The molecule has 1 fully saturated rings. The third-order valence-electron chi connectivity index (χ3n) is 15.3. The molecule has 0 saturated heterocycles. The van der Waals surface area contributed by atoms with Gasteiger partial charge in [-0.05, 0) is 140 Å². The molecule has 4 nitrogen and oxygen atoms in total. The summed E-state index contributed by atoms with van der Waals surface area (Å²) in [6, 6.07) is 28.2. The van der Waals surface area contributed by atoms with Gasteiger partial charge in [0.05, 0.1) is 25.2 Å². The van der Waals surface area contributed by atoms with Crippen LogP contribution in [-0.2, 0) is 19.3 Å². The van der Waals surface area contributed by atoms with Gasteiger partial charge in [-0.25, -0.2) is 4.98 Å². The normalized spacial score (nSPS) is 17.8. The lowest BCUT2D eigenvalue weighted by Crippen LogP contribution is -2.57. The van der Waals surface area contributed by atoms with Crippen LogP contribution in [0, 0.1) is 32.1 Å².